The van der Waals surface area contributed by atoms with Crippen molar-refractivity contribution in [2.45, 2.75) is 44.4 Å². The number of carbonyl (C=O) groups is 1. The van der Waals surface area contributed by atoms with E-state index in [0.717, 1.165) is 6.42 Å². The monoisotopic (exact) mass is 359 g/mol. The SMILES string of the molecule is CCCS(=O)(=O)c1ccccc1C(=O)Nc1ccc(C(C)CC)cc1. The summed E-state index contributed by atoms with van der Waals surface area (Å²) in [6, 6.07) is 14.0. The van der Waals surface area contributed by atoms with E-state index in [-0.39, 0.29) is 16.2 Å². The quantitative estimate of drug-likeness (QED) is 0.783. The molecule has 0 aliphatic carbocycles. The molecule has 0 saturated heterocycles. The molecule has 0 fully saturated rings. The minimum atomic E-state index is -3.46. The second-order valence-electron chi connectivity index (χ2n) is 6.20. The van der Waals surface area contributed by atoms with Gasteiger partial charge >= 0.3 is 0 Å². The van der Waals surface area contributed by atoms with E-state index in [2.05, 4.69) is 19.2 Å². The predicted octanol–water partition coefficient (Wildman–Crippen LogP) is 4.64. The molecule has 5 heteroatoms. The third kappa shape index (κ3) is 4.69. The Bertz CT molecular complexity index is 826. The van der Waals surface area contributed by atoms with Gasteiger partial charge in [-0.15, -0.1) is 0 Å². The maximum Gasteiger partial charge on any atom is 0.256 e. The van der Waals surface area contributed by atoms with E-state index in [1.54, 1.807) is 25.1 Å². The highest BCUT2D eigenvalue weighted by Gasteiger charge is 2.21. The van der Waals surface area contributed by atoms with Crippen molar-refractivity contribution in [2.75, 3.05) is 11.1 Å². The van der Waals surface area contributed by atoms with Crippen molar-refractivity contribution in [1.29, 1.82) is 0 Å². The van der Waals surface area contributed by atoms with Crippen molar-refractivity contribution in [3.63, 3.8) is 0 Å². The Labute approximate surface area is 150 Å². The zero-order valence-electron chi connectivity index (χ0n) is 15.0. The van der Waals surface area contributed by atoms with Gasteiger partial charge in [-0.05, 0) is 48.6 Å². The topological polar surface area (TPSA) is 63.2 Å². The van der Waals surface area contributed by atoms with Gasteiger partial charge in [0, 0.05) is 5.69 Å². The van der Waals surface area contributed by atoms with Crippen molar-refractivity contribution in [2.24, 2.45) is 0 Å². The Morgan fingerprint density at radius 2 is 1.68 bits per heavy atom. The Hall–Kier alpha value is -2.14. The number of carbonyl (C=O) groups excluding carboxylic acids is 1. The van der Waals surface area contributed by atoms with Gasteiger partial charge in [0.15, 0.2) is 9.84 Å². The van der Waals surface area contributed by atoms with Crippen LogP contribution in [0, 0.1) is 0 Å². The first-order valence-electron chi connectivity index (χ1n) is 8.62. The number of sulfone groups is 1. The lowest BCUT2D eigenvalue weighted by atomic mass is 9.98. The number of hydrogen-bond donors (Lipinski definition) is 1. The molecule has 0 saturated carbocycles. The first-order chi connectivity index (χ1) is 11.9. The first-order valence-corrected chi connectivity index (χ1v) is 10.3. The molecule has 1 unspecified atom stereocenters. The van der Waals surface area contributed by atoms with Crippen LogP contribution in [-0.4, -0.2) is 20.1 Å². The Kier molecular flexibility index (Phi) is 6.37. The summed E-state index contributed by atoms with van der Waals surface area (Å²) < 4.78 is 24.8. The van der Waals surface area contributed by atoms with Crippen molar-refractivity contribution in [3.05, 3.63) is 59.7 Å². The Morgan fingerprint density at radius 1 is 1.04 bits per heavy atom. The molecule has 4 nitrogen and oxygen atoms in total. The zero-order valence-corrected chi connectivity index (χ0v) is 15.8. The molecule has 0 aromatic heterocycles. The van der Waals surface area contributed by atoms with Crippen LogP contribution in [0.2, 0.25) is 0 Å². The fourth-order valence-electron chi connectivity index (χ4n) is 2.63. The maximum absolute atomic E-state index is 12.6. The highest BCUT2D eigenvalue weighted by atomic mass is 32.2. The summed E-state index contributed by atoms with van der Waals surface area (Å²) in [6.07, 6.45) is 1.56. The standard InChI is InChI=1S/C20H25NO3S/c1-4-14-25(23,24)19-9-7-6-8-18(19)20(22)21-17-12-10-16(11-13-17)15(3)5-2/h6-13,15H,4-5,14H2,1-3H3,(H,21,22). The number of amides is 1. The summed E-state index contributed by atoms with van der Waals surface area (Å²) in [6.45, 7) is 6.09. The van der Waals surface area contributed by atoms with E-state index in [9.17, 15) is 13.2 Å². The molecule has 25 heavy (non-hydrogen) atoms. The fourth-order valence-corrected chi connectivity index (χ4v) is 4.17. The fraction of sp³-hybridized carbons (Fsp3) is 0.350. The lowest BCUT2D eigenvalue weighted by Crippen LogP contribution is -2.17. The van der Waals surface area contributed by atoms with E-state index >= 15 is 0 Å². The average Bonchev–Trinajstić information content (AvgIpc) is 2.61. The van der Waals surface area contributed by atoms with E-state index in [0.29, 0.717) is 18.0 Å². The van der Waals surface area contributed by atoms with Gasteiger partial charge in [-0.25, -0.2) is 8.42 Å². The highest BCUT2D eigenvalue weighted by Crippen LogP contribution is 2.22. The molecular formula is C20H25NO3S. The van der Waals surface area contributed by atoms with Crippen LogP contribution in [0.5, 0.6) is 0 Å². The molecule has 2 aromatic carbocycles. The molecule has 134 valence electrons. The van der Waals surface area contributed by atoms with Gasteiger partial charge < -0.3 is 5.32 Å². The lowest BCUT2D eigenvalue weighted by molar-refractivity contribution is 0.102. The van der Waals surface area contributed by atoms with Crippen molar-refractivity contribution in [3.8, 4) is 0 Å². The highest BCUT2D eigenvalue weighted by molar-refractivity contribution is 7.91. The molecule has 0 spiro atoms. The average molecular weight is 359 g/mol. The van der Waals surface area contributed by atoms with Gasteiger partial charge in [0.1, 0.15) is 0 Å². The Balaban J connectivity index is 2.25. The summed E-state index contributed by atoms with van der Waals surface area (Å²) in [4.78, 5) is 12.7. The molecule has 1 atom stereocenters. The van der Waals surface area contributed by atoms with Gasteiger partial charge in [0.25, 0.3) is 5.91 Å². The van der Waals surface area contributed by atoms with Crippen LogP contribution in [0.3, 0.4) is 0 Å². The molecule has 0 heterocycles. The van der Waals surface area contributed by atoms with Gasteiger partial charge in [-0.3, -0.25) is 4.79 Å². The van der Waals surface area contributed by atoms with Crippen molar-refractivity contribution < 1.29 is 13.2 Å². The van der Waals surface area contributed by atoms with Crippen LogP contribution in [0.25, 0.3) is 0 Å². The summed E-state index contributed by atoms with van der Waals surface area (Å²) in [5.74, 6) is 0.0807. The molecule has 0 bridgehead atoms. The molecule has 1 amide bonds. The van der Waals surface area contributed by atoms with Gasteiger partial charge in [-0.1, -0.05) is 45.0 Å². The predicted molar refractivity (Wildman–Crippen MR) is 102 cm³/mol. The largest absolute Gasteiger partial charge is 0.322 e. The number of benzene rings is 2. The van der Waals surface area contributed by atoms with Gasteiger partial charge in [0.2, 0.25) is 0 Å². The summed E-state index contributed by atoms with van der Waals surface area (Å²) in [5, 5.41) is 2.79. The second kappa shape index (κ2) is 8.30. The molecule has 0 aliphatic heterocycles. The van der Waals surface area contributed by atoms with E-state index in [1.807, 2.05) is 24.3 Å². The van der Waals surface area contributed by atoms with Crippen molar-refractivity contribution in [1.82, 2.24) is 0 Å². The molecule has 0 aliphatic rings. The zero-order chi connectivity index (χ0) is 18.4. The number of nitrogens with one attached hydrogen (secondary N) is 1. The van der Waals surface area contributed by atoms with Crippen LogP contribution >= 0.6 is 0 Å². The van der Waals surface area contributed by atoms with Crippen LogP contribution in [-0.2, 0) is 9.84 Å². The third-order valence-electron chi connectivity index (χ3n) is 4.29. The van der Waals surface area contributed by atoms with E-state index in [4.69, 9.17) is 0 Å². The smallest absolute Gasteiger partial charge is 0.256 e. The summed E-state index contributed by atoms with van der Waals surface area (Å²) in [5.41, 5.74) is 2.05. The van der Waals surface area contributed by atoms with Crippen LogP contribution in [0.4, 0.5) is 5.69 Å². The van der Waals surface area contributed by atoms with Crippen LogP contribution in [0.15, 0.2) is 53.4 Å². The molecule has 1 N–H and O–H groups in total. The minimum absolute atomic E-state index is 0.0287. The summed E-state index contributed by atoms with van der Waals surface area (Å²) >= 11 is 0. The first kappa shape index (κ1) is 19.2. The maximum atomic E-state index is 12.6. The molecular weight excluding hydrogens is 334 g/mol. The normalized spacial score (nSPS) is 12.6. The van der Waals surface area contributed by atoms with Crippen molar-refractivity contribution >= 4 is 21.4 Å². The molecule has 0 radical (unpaired) electrons. The Morgan fingerprint density at radius 3 is 2.28 bits per heavy atom. The van der Waals surface area contributed by atoms with Crippen LogP contribution < -0.4 is 5.32 Å². The molecule has 2 rings (SSSR count). The summed E-state index contributed by atoms with van der Waals surface area (Å²) in [7, 11) is -3.46. The third-order valence-corrected chi connectivity index (χ3v) is 6.26. The second-order valence-corrected chi connectivity index (χ2v) is 8.28. The van der Waals surface area contributed by atoms with Crippen LogP contribution in [0.1, 0.15) is 55.5 Å². The van der Waals surface area contributed by atoms with E-state index < -0.39 is 15.7 Å². The number of hydrogen-bond acceptors (Lipinski definition) is 3. The molecule has 2 aromatic rings. The lowest BCUT2D eigenvalue weighted by Gasteiger charge is -2.12. The minimum Gasteiger partial charge on any atom is -0.322 e. The number of anilines is 1. The van der Waals surface area contributed by atoms with Gasteiger partial charge in [0.05, 0.1) is 16.2 Å². The van der Waals surface area contributed by atoms with E-state index in [1.165, 1.54) is 11.6 Å². The van der Waals surface area contributed by atoms with Gasteiger partial charge in [-0.2, -0.15) is 0 Å². The number of rotatable bonds is 7.